The van der Waals surface area contributed by atoms with E-state index in [9.17, 15) is 18.8 Å². The highest BCUT2D eigenvalue weighted by Gasteiger charge is 2.23. The normalized spacial score (nSPS) is 12.5. The summed E-state index contributed by atoms with van der Waals surface area (Å²) in [6.07, 6.45) is 5.87. The number of anilines is 1. The average Bonchev–Trinajstić information content (AvgIpc) is 3.36. The van der Waals surface area contributed by atoms with E-state index in [0.717, 1.165) is 11.6 Å². The Morgan fingerprint density at radius 1 is 0.944 bits per heavy atom. The van der Waals surface area contributed by atoms with Crippen molar-refractivity contribution >= 4 is 41.1 Å². The Bertz CT molecular complexity index is 1360. The molecule has 0 atom stereocenters. The van der Waals surface area contributed by atoms with E-state index in [-0.39, 0.29) is 40.5 Å². The lowest BCUT2D eigenvalue weighted by Gasteiger charge is -2.10. The van der Waals surface area contributed by atoms with Crippen molar-refractivity contribution in [1.82, 2.24) is 10.3 Å². The molecule has 0 spiro atoms. The first-order chi connectivity index (χ1) is 17.4. The van der Waals surface area contributed by atoms with Crippen LogP contribution in [-0.4, -0.2) is 35.3 Å². The van der Waals surface area contributed by atoms with Crippen LogP contribution >= 0.6 is 11.6 Å². The number of carbonyl (C=O) groups excluding carboxylic acids is 3. The molecule has 36 heavy (non-hydrogen) atoms. The quantitative estimate of drug-likeness (QED) is 0.424. The molecule has 7 nitrogen and oxygen atoms in total. The van der Waals surface area contributed by atoms with Gasteiger partial charge in [0.05, 0.1) is 10.6 Å². The summed E-state index contributed by atoms with van der Waals surface area (Å²) in [5.41, 5.74) is 2.87. The van der Waals surface area contributed by atoms with Gasteiger partial charge in [0, 0.05) is 49.2 Å². The van der Waals surface area contributed by atoms with Crippen LogP contribution in [0.4, 0.5) is 10.1 Å². The number of nitrogens with one attached hydrogen (secondary N) is 2. The number of benzene rings is 2. The molecule has 1 aliphatic rings. The number of pyridine rings is 1. The van der Waals surface area contributed by atoms with Gasteiger partial charge in [-0.05, 0) is 60.0 Å². The van der Waals surface area contributed by atoms with Crippen LogP contribution in [0.15, 0.2) is 83.3 Å². The summed E-state index contributed by atoms with van der Waals surface area (Å²) in [6, 6.07) is 14.1. The molecule has 2 aromatic carbocycles. The van der Waals surface area contributed by atoms with E-state index in [1.54, 1.807) is 36.7 Å². The molecule has 0 saturated heterocycles. The van der Waals surface area contributed by atoms with Crippen LogP contribution in [0.5, 0.6) is 0 Å². The maximum Gasteiger partial charge on any atom is 0.270 e. The second kappa shape index (κ2) is 11.5. The van der Waals surface area contributed by atoms with Crippen molar-refractivity contribution in [2.75, 3.05) is 11.9 Å². The molecular weight excluding hydrogens is 483 g/mol. The van der Waals surface area contributed by atoms with Gasteiger partial charge in [-0.3, -0.25) is 24.4 Å². The minimum atomic E-state index is -0.509. The van der Waals surface area contributed by atoms with Crippen molar-refractivity contribution in [2.24, 2.45) is 4.99 Å². The van der Waals surface area contributed by atoms with E-state index in [1.165, 1.54) is 18.3 Å². The Balaban J connectivity index is 1.34. The summed E-state index contributed by atoms with van der Waals surface area (Å²) in [4.78, 5) is 45.9. The first-order valence-electron chi connectivity index (χ1n) is 11.2. The van der Waals surface area contributed by atoms with Gasteiger partial charge in [0.1, 0.15) is 11.5 Å². The van der Waals surface area contributed by atoms with Gasteiger partial charge in [-0.15, -0.1) is 0 Å². The Hall–Kier alpha value is -4.17. The van der Waals surface area contributed by atoms with E-state index < -0.39 is 17.6 Å². The number of ketones is 1. The second-order valence-electron chi connectivity index (χ2n) is 8.08. The van der Waals surface area contributed by atoms with Gasteiger partial charge in [0.15, 0.2) is 5.78 Å². The van der Waals surface area contributed by atoms with Crippen molar-refractivity contribution in [3.63, 3.8) is 0 Å². The summed E-state index contributed by atoms with van der Waals surface area (Å²) in [7, 11) is 0. The van der Waals surface area contributed by atoms with Crippen molar-refractivity contribution in [1.29, 1.82) is 0 Å². The van der Waals surface area contributed by atoms with Crippen LogP contribution in [0.2, 0.25) is 5.02 Å². The van der Waals surface area contributed by atoms with Crippen molar-refractivity contribution in [3.05, 3.63) is 106 Å². The molecule has 0 radical (unpaired) electrons. The highest BCUT2D eigenvalue weighted by molar-refractivity contribution is 6.34. The van der Waals surface area contributed by atoms with E-state index in [1.807, 2.05) is 12.1 Å². The summed E-state index contributed by atoms with van der Waals surface area (Å²) < 4.78 is 13.2. The molecule has 1 aliphatic heterocycles. The van der Waals surface area contributed by atoms with Crippen LogP contribution in [0.1, 0.15) is 27.9 Å². The Labute approximate surface area is 212 Å². The molecule has 4 rings (SSSR count). The first-order valence-corrected chi connectivity index (χ1v) is 11.6. The number of Topliss-reactive ketones (excluding diaryl/α,β-unsaturated/α-hetero) is 1. The van der Waals surface area contributed by atoms with Crippen molar-refractivity contribution in [3.8, 4) is 0 Å². The Morgan fingerprint density at radius 3 is 2.42 bits per heavy atom. The maximum absolute atomic E-state index is 13.2. The maximum atomic E-state index is 13.2. The van der Waals surface area contributed by atoms with Gasteiger partial charge in [-0.1, -0.05) is 23.7 Å². The van der Waals surface area contributed by atoms with Crippen LogP contribution in [0.25, 0.3) is 0 Å². The van der Waals surface area contributed by atoms with E-state index in [4.69, 9.17) is 11.6 Å². The number of rotatable bonds is 9. The Kier molecular flexibility index (Phi) is 7.97. The number of amides is 2. The number of nitrogens with zero attached hydrogens (tertiary/aromatic N) is 2. The molecule has 2 heterocycles. The molecule has 2 amide bonds. The lowest BCUT2D eigenvalue weighted by Crippen LogP contribution is -2.28. The zero-order chi connectivity index (χ0) is 25.5. The third kappa shape index (κ3) is 6.28. The van der Waals surface area contributed by atoms with Crippen LogP contribution in [0.3, 0.4) is 0 Å². The molecule has 1 aromatic heterocycles. The van der Waals surface area contributed by atoms with Crippen LogP contribution in [-0.2, 0) is 22.4 Å². The van der Waals surface area contributed by atoms with E-state index in [0.29, 0.717) is 24.2 Å². The standard InChI is InChI=1S/C27H22ClFN4O3/c28-23-16-19(29)3-6-21(23)24(34)15-18-1-4-20(5-2-18)33-26(35)22-10-14-31-25(22)27(36)32-13-9-17-7-11-30-12-8-17/h1-8,11-12,14,16H,9-10,13,15H2,(H,32,36)(H,33,35). The molecule has 0 bridgehead atoms. The molecule has 0 aliphatic carbocycles. The van der Waals surface area contributed by atoms with E-state index >= 15 is 0 Å². The fraction of sp³-hybridized carbons (Fsp3) is 0.148. The first kappa shape index (κ1) is 24.9. The van der Waals surface area contributed by atoms with Gasteiger partial charge >= 0.3 is 0 Å². The molecule has 182 valence electrons. The third-order valence-corrected chi connectivity index (χ3v) is 5.86. The van der Waals surface area contributed by atoms with Crippen molar-refractivity contribution in [2.45, 2.75) is 19.3 Å². The second-order valence-corrected chi connectivity index (χ2v) is 8.49. The van der Waals surface area contributed by atoms with Gasteiger partial charge in [-0.25, -0.2) is 4.39 Å². The number of aliphatic imine (C=N–C) groups is 1. The van der Waals surface area contributed by atoms with E-state index in [2.05, 4.69) is 20.6 Å². The third-order valence-electron chi connectivity index (χ3n) is 5.55. The Morgan fingerprint density at radius 2 is 1.69 bits per heavy atom. The summed E-state index contributed by atoms with van der Waals surface area (Å²) in [5, 5.41) is 5.62. The van der Waals surface area contributed by atoms with Gasteiger partial charge in [-0.2, -0.15) is 0 Å². The molecule has 0 unspecified atom stereocenters. The fourth-order valence-corrected chi connectivity index (χ4v) is 3.93. The summed E-state index contributed by atoms with van der Waals surface area (Å²) >= 11 is 5.97. The number of hydrogen-bond acceptors (Lipinski definition) is 5. The molecule has 0 fully saturated rings. The average molecular weight is 505 g/mol. The molecule has 9 heteroatoms. The zero-order valence-electron chi connectivity index (χ0n) is 19.1. The van der Waals surface area contributed by atoms with Crippen molar-refractivity contribution < 1.29 is 18.8 Å². The highest BCUT2D eigenvalue weighted by atomic mass is 35.5. The SMILES string of the molecule is O=C(Nc1ccc(CC(=O)c2ccc(F)cc2Cl)cc1)C1=C(C(=O)NCCc2ccncc2)N=CC1. The smallest absolute Gasteiger partial charge is 0.270 e. The monoisotopic (exact) mass is 504 g/mol. The number of carbonyl (C=O) groups is 3. The summed E-state index contributed by atoms with van der Waals surface area (Å²) in [6.45, 7) is 0.403. The fourth-order valence-electron chi connectivity index (χ4n) is 3.66. The molecular formula is C27H22ClFN4O3. The lowest BCUT2D eigenvalue weighted by molar-refractivity contribution is -0.118. The predicted molar refractivity (Wildman–Crippen MR) is 136 cm³/mol. The van der Waals surface area contributed by atoms with Crippen LogP contribution < -0.4 is 10.6 Å². The number of hydrogen-bond donors (Lipinski definition) is 2. The summed E-state index contributed by atoms with van der Waals surface area (Å²) in [5.74, 6) is -1.58. The lowest BCUT2D eigenvalue weighted by atomic mass is 10.0. The number of aromatic nitrogens is 1. The van der Waals surface area contributed by atoms with Gasteiger partial charge < -0.3 is 10.6 Å². The highest BCUT2D eigenvalue weighted by Crippen LogP contribution is 2.21. The molecule has 3 aromatic rings. The topological polar surface area (TPSA) is 101 Å². The van der Waals surface area contributed by atoms with Crippen LogP contribution in [0, 0.1) is 5.82 Å². The molecule has 0 saturated carbocycles. The largest absolute Gasteiger partial charge is 0.350 e. The zero-order valence-corrected chi connectivity index (χ0v) is 19.9. The van der Waals surface area contributed by atoms with Gasteiger partial charge in [0.25, 0.3) is 11.8 Å². The number of halogens is 2. The van der Waals surface area contributed by atoms with Gasteiger partial charge in [0.2, 0.25) is 0 Å². The minimum absolute atomic E-state index is 0.0631. The predicted octanol–water partition coefficient (Wildman–Crippen LogP) is 4.33. The molecule has 2 N–H and O–H groups in total. The minimum Gasteiger partial charge on any atom is -0.350 e.